The van der Waals surface area contributed by atoms with Crippen molar-refractivity contribution < 1.29 is 14.6 Å². The van der Waals surface area contributed by atoms with Gasteiger partial charge in [-0.25, -0.2) is 0 Å². The van der Waals surface area contributed by atoms with Gasteiger partial charge in [0.05, 0.1) is 10.6 Å². The van der Waals surface area contributed by atoms with Crippen molar-refractivity contribution in [2.24, 2.45) is 0 Å². The molecule has 1 aliphatic rings. The second-order valence-electron chi connectivity index (χ2n) is 3.96. The van der Waals surface area contributed by atoms with E-state index >= 15 is 0 Å². The number of aldehydes is 1. The van der Waals surface area contributed by atoms with Gasteiger partial charge >= 0.3 is 0 Å². The maximum atomic E-state index is 10.6. The van der Waals surface area contributed by atoms with Crippen LogP contribution in [0.1, 0.15) is 29.6 Å². The predicted molar refractivity (Wildman–Crippen MR) is 63.8 cm³/mol. The zero-order valence-electron chi connectivity index (χ0n) is 8.73. The lowest BCUT2D eigenvalue weighted by molar-refractivity contribution is 0.0599. The molecular weight excluding hydrogens is 272 g/mol. The Morgan fingerprint density at radius 1 is 1.44 bits per heavy atom. The molecule has 1 N–H and O–H groups in total. The van der Waals surface area contributed by atoms with E-state index in [0.717, 1.165) is 30.0 Å². The van der Waals surface area contributed by atoms with E-state index in [4.69, 9.17) is 4.74 Å². The highest BCUT2D eigenvalue weighted by Gasteiger charge is 2.27. The van der Waals surface area contributed by atoms with Crippen LogP contribution < -0.4 is 4.74 Å². The number of benzene rings is 1. The summed E-state index contributed by atoms with van der Waals surface area (Å²) in [5.74, 6) is 0.677. The van der Waals surface area contributed by atoms with Crippen molar-refractivity contribution in [1.29, 1.82) is 0 Å². The quantitative estimate of drug-likeness (QED) is 0.868. The molecule has 0 bridgehead atoms. The largest absolute Gasteiger partial charge is 0.487 e. The van der Waals surface area contributed by atoms with E-state index in [1.54, 1.807) is 18.2 Å². The first kappa shape index (κ1) is 11.6. The van der Waals surface area contributed by atoms with Crippen molar-refractivity contribution in [3.8, 4) is 5.75 Å². The second-order valence-corrected chi connectivity index (χ2v) is 4.82. The summed E-state index contributed by atoms with van der Waals surface area (Å²) in [5.41, 5.74) is 0.603. The molecule has 3 nitrogen and oxygen atoms in total. The molecule has 1 aromatic carbocycles. The maximum absolute atomic E-state index is 10.6. The molecule has 0 heterocycles. The maximum Gasteiger partial charge on any atom is 0.150 e. The van der Waals surface area contributed by atoms with Gasteiger partial charge in [0, 0.05) is 5.56 Å². The van der Waals surface area contributed by atoms with E-state index in [1.807, 2.05) is 0 Å². The first-order valence-electron chi connectivity index (χ1n) is 5.30. The van der Waals surface area contributed by atoms with Crippen molar-refractivity contribution in [3.63, 3.8) is 0 Å². The minimum absolute atomic E-state index is 0.126. The summed E-state index contributed by atoms with van der Waals surface area (Å²) < 4.78 is 6.45. The Morgan fingerprint density at radius 2 is 2.25 bits per heavy atom. The number of hydrogen-bond donors (Lipinski definition) is 1. The number of halogens is 1. The normalized spacial score (nSPS) is 24.4. The summed E-state index contributed by atoms with van der Waals surface area (Å²) in [6, 6.07) is 5.16. The fraction of sp³-hybridized carbons (Fsp3) is 0.417. The van der Waals surface area contributed by atoms with E-state index in [2.05, 4.69) is 15.9 Å². The van der Waals surface area contributed by atoms with Gasteiger partial charge in [-0.1, -0.05) is 0 Å². The molecule has 2 rings (SSSR count). The van der Waals surface area contributed by atoms with Crippen LogP contribution in [0.3, 0.4) is 0 Å². The average Bonchev–Trinajstić information content (AvgIpc) is 2.67. The van der Waals surface area contributed by atoms with E-state index in [1.165, 1.54) is 0 Å². The van der Waals surface area contributed by atoms with Crippen LogP contribution in [-0.4, -0.2) is 23.6 Å². The highest BCUT2D eigenvalue weighted by Crippen LogP contribution is 2.30. The second kappa shape index (κ2) is 4.97. The van der Waals surface area contributed by atoms with Gasteiger partial charge in [-0.15, -0.1) is 0 Å². The van der Waals surface area contributed by atoms with Gasteiger partial charge in [0.1, 0.15) is 18.1 Å². The van der Waals surface area contributed by atoms with Gasteiger partial charge in [-0.05, 0) is 53.4 Å². The number of aliphatic hydroxyl groups excluding tert-OH is 1. The molecule has 1 saturated carbocycles. The lowest BCUT2D eigenvalue weighted by atomic mass is 10.2. The van der Waals surface area contributed by atoms with Crippen LogP contribution in [0.4, 0.5) is 0 Å². The zero-order valence-corrected chi connectivity index (χ0v) is 10.3. The molecule has 0 saturated heterocycles. The van der Waals surface area contributed by atoms with Crippen LogP contribution in [-0.2, 0) is 0 Å². The topological polar surface area (TPSA) is 46.5 Å². The Morgan fingerprint density at radius 3 is 2.81 bits per heavy atom. The van der Waals surface area contributed by atoms with E-state index in [0.29, 0.717) is 11.3 Å². The molecule has 0 radical (unpaired) electrons. The van der Waals surface area contributed by atoms with Crippen LogP contribution in [0.5, 0.6) is 5.75 Å². The molecule has 1 aromatic rings. The number of hydrogen-bond acceptors (Lipinski definition) is 3. The summed E-state index contributed by atoms with van der Waals surface area (Å²) in [6.07, 6.45) is 2.96. The molecule has 4 heteroatoms. The highest BCUT2D eigenvalue weighted by molar-refractivity contribution is 9.10. The molecule has 2 atom stereocenters. The molecule has 86 valence electrons. The number of aliphatic hydroxyl groups is 1. The minimum Gasteiger partial charge on any atom is -0.487 e. The molecule has 0 aromatic heterocycles. The molecule has 16 heavy (non-hydrogen) atoms. The number of ether oxygens (including phenoxy) is 1. The Bertz CT molecular complexity index is 392. The zero-order chi connectivity index (χ0) is 11.5. The molecule has 0 spiro atoms. The predicted octanol–water partition coefficient (Wildman–Crippen LogP) is 2.55. The summed E-state index contributed by atoms with van der Waals surface area (Å²) >= 11 is 3.35. The standard InChI is InChI=1S/C12H13BrO3/c13-9-6-8(7-14)4-5-11(9)16-12-3-1-2-10(12)15/h4-7,10,12,15H,1-3H2. The van der Waals surface area contributed by atoms with Crippen molar-refractivity contribution in [2.45, 2.75) is 31.5 Å². The fourth-order valence-corrected chi connectivity index (χ4v) is 2.38. The third-order valence-corrected chi connectivity index (χ3v) is 3.41. The summed E-state index contributed by atoms with van der Waals surface area (Å²) in [4.78, 5) is 10.6. The van der Waals surface area contributed by atoms with Gasteiger partial charge in [-0.2, -0.15) is 0 Å². The molecule has 0 amide bonds. The van der Waals surface area contributed by atoms with Crippen molar-refractivity contribution in [3.05, 3.63) is 28.2 Å². The van der Waals surface area contributed by atoms with Gasteiger partial charge in [-0.3, -0.25) is 4.79 Å². The monoisotopic (exact) mass is 284 g/mol. The van der Waals surface area contributed by atoms with Crippen LogP contribution >= 0.6 is 15.9 Å². The first-order chi connectivity index (χ1) is 7.70. The first-order valence-corrected chi connectivity index (χ1v) is 6.09. The lowest BCUT2D eigenvalue weighted by Crippen LogP contribution is -2.25. The molecular formula is C12H13BrO3. The highest BCUT2D eigenvalue weighted by atomic mass is 79.9. The summed E-state index contributed by atoms with van der Waals surface area (Å²) in [6.45, 7) is 0. The van der Waals surface area contributed by atoms with Crippen molar-refractivity contribution >= 4 is 22.2 Å². The number of rotatable bonds is 3. The third-order valence-electron chi connectivity index (χ3n) is 2.79. The lowest BCUT2D eigenvalue weighted by Gasteiger charge is -2.18. The Hall–Kier alpha value is -0.870. The number of carbonyl (C=O) groups is 1. The summed E-state index contributed by atoms with van der Waals surface area (Å²) in [5, 5.41) is 9.65. The number of carbonyl (C=O) groups excluding carboxylic acids is 1. The van der Waals surface area contributed by atoms with Gasteiger partial charge < -0.3 is 9.84 Å². The smallest absolute Gasteiger partial charge is 0.150 e. The van der Waals surface area contributed by atoms with Crippen LogP contribution in [0, 0.1) is 0 Å². The molecule has 1 aliphatic carbocycles. The Labute approximate surface area is 103 Å². The average molecular weight is 285 g/mol. The van der Waals surface area contributed by atoms with Crippen LogP contribution in [0.2, 0.25) is 0 Å². The summed E-state index contributed by atoms with van der Waals surface area (Å²) in [7, 11) is 0. The van der Waals surface area contributed by atoms with E-state index in [-0.39, 0.29) is 12.2 Å². The van der Waals surface area contributed by atoms with Crippen LogP contribution in [0.15, 0.2) is 22.7 Å². The Kier molecular flexibility index (Phi) is 3.61. The Balaban J connectivity index is 2.12. The minimum atomic E-state index is -0.377. The van der Waals surface area contributed by atoms with E-state index < -0.39 is 0 Å². The molecule has 2 unspecified atom stereocenters. The van der Waals surface area contributed by atoms with E-state index in [9.17, 15) is 9.90 Å². The van der Waals surface area contributed by atoms with Crippen molar-refractivity contribution in [1.82, 2.24) is 0 Å². The molecule has 0 aliphatic heterocycles. The van der Waals surface area contributed by atoms with Gasteiger partial charge in [0.15, 0.2) is 0 Å². The SMILES string of the molecule is O=Cc1ccc(OC2CCCC2O)c(Br)c1. The van der Waals surface area contributed by atoms with Gasteiger partial charge in [0.25, 0.3) is 0 Å². The fourth-order valence-electron chi connectivity index (χ4n) is 1.89. The third kappa shape index (κ3) is 2.44. The van der Waals surface area contributed by atoms with Crippen molar-refractivity contribution in [2.75, 3.05) is 0 Å². The molecule has 1 fully saturated rings. The van der Waals surface area contributed by atoms with Gasteiger partial charge in [0.2, 0.25) is 0 Å². The van der Waals surface area contributed by atoms with Crippen LogP contribution in [0.25, 0.3) is 0 Å².